The maximum absolute atomic E-state index is 12.3. The van der Waals surface area contributed by atoms with Gasteiger partial charge >= 0.3 is 0 Å². The number of rotatable bonds is 3. The molecule has 1 aliphatic carbocycles. The minimum atomic E-state index is -0.708. The summed E-state index contributed by atoms with van der Waals surface area (Å²) in [5.74, 6) is 1.81. The SMILES string of the molecule is CCC1CCC(C#N)(NC(=O)c2cc(C)oc2C)CC1. The molecule has 1 aromatic rings. The van der Waals surface area contributed by atoms with E-state index >= 15 is 0 Å². The van der Waals surface area contributed by atoms with Crippen molar-refractivity contribution in [3.05, 3.63) is 23.2 Å². The highest BCUT2D eigenvalue weighted by molar-refractivity contribution is 5.96. The van der Waals surface area contributed by atoms with Crippen molar-refractivity contribution in [1.82, 2.24) is 5.32 Å². The lowest BCUT2D eigenvalue weighted by Crippen LogP contribution is -2.49. The number of nitriles is 1. The highest BCUT2D eigenvalue weighted by atomic mass is 16.3. The molecular formula is C16H22N2O2. The van der Waals surface area contributed by atoms with E-state index in [-0.39, 0.29) is 5.91 Å². The Morgan fingerprint density at radius 2 is 2.15 bits per heavy atom. The van der Waals surface area contributed by atoms with Gasteiger partial charge in [0.15, 0.2) is 0 Å². The predicted molar refractivity (Wildman–Crippen MR) is 76.2 cm³/mol. The summed E-state index contributed by atoms with van der Waals surface area (Å²) in [6.07, 6.45) is 4.64. The predicted octanol–water partition coefficient (Wildman–Crippen LogP) is 3.49. The molecule has 1 saturated carbocycles. The summed E-state index contributed by atoms with van der Waals surface area (Å²) in [4.78, 5) is 12.3. The van der Waals surface area contributed by atoms with Crippen molar-refractivity contribution >= 4 is 5.91 Å². The Balaban J connectivity index is 2.09. The third-order valence-corrected chi connectivity index (χ3v) is 4.39. The number of carbonyl (C=O) groups excluding carboxylic acids is 1. The van der Waals surface area contributed by atoms with Gasteiger partial charge in [0, 0.05) is 0 Å². The number of aryl methyl sites for hydroxylation is 2. The lowest BCUT2D eigenvalue weighted by molar-refractivity contribution is 0.0889. The number of amides is 1. The average Bonchev–Trinajstić information content (AvgIpc) is 2.78. The summed E-state index contributed by atoms with van der Waals surface area (Å²) in [6.45, 7) is 5.77. The largest absolute Gasteiger partial charge is 0.466 e. The molecule has 0 aliphatic heterocycles. The Morgan fingerprint density at radius 3 is 2.60 bits per heavy atom. The molecular weight excluding hydrogens is 252 g/mol. The number of furan rings is 1. The van der Waals surface area contributed by atoms with E-state index in [1.807, 2.05) is 6.92 Å². The molecule has 0 saturated heterocycles. The van der Waals surface area contributed by atoms with Crippen molar-refractivity contribution in [3.63, 3.8) is 0 Å². The maximum Gasteiger partial charge on any atom is 0.256 e. The molecule has 0 bridgehead atoms. The molecule has 1 aliphatic rings. The van der Waals surface area contributed by atoms with Crippen LogP contribution >= 0.6 is 0 Å². The Labute approximate surface area is 120 Å². The summed E-state index contributed by atoms with van der Waals surface area (Å²) < 4.78 is 5.38. The Morgan fingerprint density at radius 1 is 1.50 bits per heavy atom. The van der Waals surface area contributed by atoms with Gasteiger partial charge in [-0.05, 0) is 51.5 Å². The Hall–Kier alpha value is -1.76. The van der Waals surface area contributed by atoms with Crippen LogP contribution in [0.25, 0.3) is 0 Å². The molecule has 1 amide bonds. The van der Waals surface area contributed by atoms with E-state index in [4.69, 9.17) is 4.42 Å². The van der Waals surface area contributed by atoms with Gasteiger partial charge in [-0.15, -0.1) is 0 Å². The standard InChI is InChI=1S/C16H22N2O2/c1-4-13-5-7-16(10-17,8-6-13)18-15(19)14-9-11(2)20-12(14)3/h9,13H,4-8H2,1-3H3,(H,18,19). The van der Waals surface area contributed by atoms with Crippen LogP contribution in [0.3, 0.4) is 0 Å². The fourth-order valence-corrected chi connectivity index (χ4v) is 2.98. The molecule has 1 N–H and O–H groups in total. The van der Waals surface area contributed by atoms with Crippen LogP contribution in [0, 0.1) is 31.1 Å². The zero-order chi connectivity index (χ0) is 14.8. The highest BCUT2D eigenvalue weighted by Crippen LogP contribution is 2.33. The van der Waals surface area contributed by atoms with Crippen molar-refractivity contribution in [2.45, 2.75) is 58.4 Å². The van der Waals surface area contributed by atoms with Crippen LogP contribution in [0.4, 0.5) is 0 Å². The van der Waals surface area contributed by atoms with Crippen molar-refractivity contribution in [1.29, 1.82) is 5.26 Å². The molecule has 0 unspecified atom stereocenters. The molecule has 0 atom stereocenters. The molecule has 0 spiro atoms. The van der Waals surface area contributed by atoms with Gasteiger partial charge in [0.25, 0.3) is 5.91 Å². The third-order valence-electron chi connectivity index (χ3n) is 4.39. The highest BCUT2D eigenvalue weighted by Gasteiger charge is 2.37. The minimum Gasteiger partial charge on any atom is -0.466 e. The van der Waals surface area contributed by atoms with Crippen molar-refractivity contribution in [2.24, 2.45) is 5.92 Å². The summed E-state index contributed by atoms with van der Waals surface area (Å²) in [7, 11) is 0. The first-order valence-electron chi connectivity index (χ1n) is 7.30. The second-order valence-electron chi connectivity index (χ2n) is 5.83. The molecule has 1 heterocycles. The first-order valence-corrected chi connectivity index (χ1v) is 7.30. The Kier molecular flexibility index (Phi) is 4.17. The number of nitrogens with zero attached hydrogens (tertiary/aromatic N) is 1. The molecule has 0 radical (unpaired) electrons. The van der Waals surface area contributed by atoms with Crippen LogP contribution in [0.1, 0.15) is 60.9 Å². The number of hydrogen-bond acceptors (Lipinski definition) is 3. The van der Waals surface area contributed by atoms with Crippen LogP contribution in [0.2, 0.25) is 0 Å². The number of hydrogen-bond donors (Lipinski definition) is 1. The van der Waals surface area contributed by atoms with Gasteiger partial charge < -0.3 is 9.73 Å². The molecule has 0 aromatic carbocycles. The summed E-state index contributed by atoms with van der Waals surface area (Å²) >= 11 is 0. The first-order chi connectivity index (χ1) is 9.49. The van der Waals surface area contributed by atoms with Crippen molar-refractivity contribution < 1.29 is 9.21 Å². The van der Waals surface area contributed by atoms with E-state index in [9.17, 15) is 10.1 Å². The number of carbonyl (C=O) groups is 1. The average molecular weight is 274 g/mol. The van der Waals surface area contributed by atoms with Gasteiger partial charge in [0.2, 0.25) is 0 Å². The second-order valence-corrected chi connectivity index (χ2v) is 5.83. The van der Waals surface area contributed by atoms with Crippen LogP contribution in [-0.4, -0.2) is 11.4 Å². The van der Waals surface area contributed by atoms with Gasteiger partial charge in [-0.1, -0.05) is 13.3 Å². The lowest BCUT2D eigenvalue weighted by Gasteiger charge is -2.35. The Bertz CT molecular complexity index is 531. The zero-order valence-corrected chi connectivity index (χ0v) is 12.5. The molecule has 4 nitrogen and oxygen atoms in total. The second kappa shape index (κ2) is 5.70. The van der Waals surface area contributed by atoms with Gasteiger partial charge in [-0.25, -0.2) is 0 Å². The molecule has 1 aromatic heterocycles. The fraction of sp³-hybridized carbons (Fsp3) is 0.625. The summed E-state index contributed by atoms with van der Waals surface area (Å²) in [5.41, 5.74) is -0.171. The van der Waals surface area contributed by atoms with Crippen LogP contribution in [-0.2, 0) is 0 Å². The third kappa shape index (κ3) is 2.87. The topological polar surface area (TPSA) is 66.0 Å². The maximum atomic E-state index is 12.3. The van der Waals surface area contributed by atoms with Gasteiger partial charge in [0.05, 0.1) is 11.6 Å². The van der Waals surface area contributed by atoms with Gasteiger partial charge in [-0.3, -0.25) is 4.79 Å². The quantitative estimate of drug-likeness (QED) is 0.917. The molecule has 1 fully saturated rings. The molecule has 4 heteroatoms. The van der Waals surface area contributed by atoms with E-state index in [2.05, 4.69) is 18.3 Å². The van der Waals surface area contributed by atoms with Gasteiger partial charge in [0.1, 0.15) is 17.1 Å². The van der Waals surface area contributed by atoms with E-state index in [0.29, 0.717) is 23.0 Å². The smallest absolute Gasteiger partial charge is 0.256 e. The van der Waals surface area contributed by atoms with Crippen LogP contribution < -0.4 is 5.32 Å². The van der Waals surface area contributed by atoms with Crippen molar-refractivity contribution in [3.8, 4) is 6.07 Å². The lowest BCUT2D eigenvalue weighted by atomic mass is 9.76. The summed E-state index contributed by atoms with van der Waals surface area (Å²) in [6, 6.07) is 4.06. The monoisotopic (exact) mass is 274 g/mol. The summed E-state index contributed by atoms with van der Waals surface area (Å²) in [5, 5.41) is 12.4. The minimum absolute atomic E-state index is 0.198. The zero-order valence-electron chi connectivity index (χ0n) is 12.5. The van der Waals surface area contributed by atoms with E-state index < -0.39 is 5.54 Å². The van der Waals surface area contributed by atoms with Crippen molar-refractivity contribution in [2.75, 3.05) is 0 Å². The fourth-order valence-electron chi connectivity index (χ4n) is 2.98. The van der Waals surface area contributed by atoms with Crippen LogP contribution in [0.15, 0.2) is 10.5 Å². The van der Waals surface area contributed by atoms with E-state index in [1.165, 1.54) is 0 Å². The molecule has 20 heavy (non-hydrogen) atoms. The normalized spacial score (nSPS) is 26.0. The van der Waals surface area contributed by atoms with E-state index in [0.717, 1.165) is 32.1 Å². The van der Waals surface area contributed by atoms with E-state index in [1.54, 1.807) is 13.0 Å². The molecule has 2 rings (SSSR count). The first kappa shape index (κ1) is 14.6. The number of nitrogens with one attached hydrogen (secondary N) is 1. The molecule has 108 valence electrons. The van der Waals surface area contributed by atoms with Crippen LogP contribution in [0.5, 0.6) is 0 Å². The van der Waals surface area contributed by atoms with Gasteiger partial charge in [-0.2, -0.15) is 5.26 Å².